The largest absolute Gasteiger partial charge is 0.146 e. The van der Waals surface area contributed by atoms with E-state index in [4.69, 9.17) is 0 Å². The zero-order valence-electron chi connectivity index (χ0n) is 8.20. The van der Waals surface area contributed by atoms with Crippen LogP contribution in [-0.2, 0) is 0 Å². The van der Waals surface area contributed by atoms with Crippen molar-refractivity contribution in [3.05, 3.63) is 34.0 Å². The summed E-state index contributed by atoms with van der Waals surface area (Å²) in [5.41, 5.74) is 2.97. The molecule has 2 rings (SSSR count). The lowest BCUT2D eigenvalue weighted by Crippen LogP contribution is -1.91. The van der Waals surface area contributed by atoms with Crippen LogP contribution < -0.4 is 9.24 Å². The second kappa shape index (κ2) is 4.86. The summed E-state index contributed by atoms with van der Waals surface area (Å²) in [6, 6.07) is 4.46. The van der Waals surface area contributed by atoms with Gasteiger partial charge in [-0.2, -0.15) is 0 Å². The molecule has 0 aliphatic carbocycles. The van der Waals surface area contributed by atoms with Crippen molar-refractivity contribution in [2.24, 2.45) is 0 Å². The van der Waals surface area contributed by atoms with Gasteiger partial charge in [-0.05, 0) is 42.3 Å². The maximum Gasteiger partial charge on any atom is 0.146 e. The van der Waals surface area contributed by atoms with Crippen LogP contribution in [0.2, 0.25) is 0 Å². The molecule has 0 fully saturated rings. The van der Waals surface area contributed by atoms with Crippen molar-refractivity contribution in [3.8, 4) is 0 Å². The fourth-order valence-electron chi connectivity index (χ4n) is 1.18. The molecule has 0 saturated carbocycles. The van der Waals surface area contributed by atoms with E-state index in [0.29, 0.717) is 8.27 Å². The molecule has 4 heteroatoms. The lowest BCUT2D eigenvalue weighted by molar-refractivity contribution is 1.59. The topological polar surface area (TPSA) is 0 Å². The van der Waals surface area contributed by atoms with Crippen LogP contribution in [0.1, 0.15) is 11.1 Å². The molecule has 2 unspecified atom stereocenters. The molecule has 0 N–H and O–H groups in total. The Morgan fingerprint density at radius 2 is 1.79 bits per heavy atom. The van der Waals surface area contributed by atoms with Crippen molar-refractivity contribution >= 4 is 48.4 Å². The Labute approximate surface area is 96.2 Å². The van der Waals surface area contributed by atoms with Crippen LogP contribution >= 0.6 is 39.2 Å². The second-order valence-electron chi connectivity index (χ2n) is 3.19. The van der Waals surface area contributed by atoms with E-state index in [0.717, 1.165) is 8.27 Å². The summed E-state index contributed by atoms with van der Waals surface area (Å²) in [7, 11) is 1.50. The Balaban J connectivity index is 2.02. The fourth-order valence-corrected chi connectivity index (χ4v) is 8.84. The van der Waals surface area contributed by atoms with Crippen molar-refractivity contribution in [2.45, 2.75) is 13.8 Å². The number of hydrogen-bond acceptors (Lipinski definition) is 2. The Bertz CT molecular complexity index is 377. The lowest BCUT2D eigenvalue weighted by atomic mass is 10.4. The van der Waals surface area contributed by atoms with Gasteiger partial charge in [0, 0.05) is 5.56 Å². The predicted octanol–water partition coefficient (Wildman–Crippen LogP) is 3.38. The summed E-state index contributed by atoms with van der Waals surface area (Å²) in [6.07, 6.45) is 0. The standard InChI is InChI=1S/C10H12P2S2/c1-7-3-5-13-9(7)11-12-10-8(2)4-6-14-10/h3-6,11-12H,1-2H3/p+1. The molecule has 0 amide bonds. The molecule has 0 nitrogen and oxygen atoms in total. The summed E-state index contributed by atoms with van der Waals surface area (Å²) in [4.78, 5) is 0. The van der Waals surface area contributed by atoms with Gasteiger partial charge in [0.15, 0.2) is 0 Å². The molecule has 2 atom stereocenters. The molecule has 2 aromatic heterocycles. The van der Waals surface area contributed by atoms with E-state index in [1.165, 1.54) is 11.1 Å². The molecule has 74 valence electrons. The van der Waals surface area contributed by atoms with E-state index in [-0.39, 0.29) is 0 Å². The zero-order valence-corrected chi connectivity index (χ0v) is 12.0. The fraction of sp³-hybridized carbons (Fsp3) is 0.200. The summed E-state index contributed by atoms with van der Waals surface area (Å²) in [6.45, 7) is 4.45. The van der Waals surface area contributed by atoms with Crippen LogP contribution in [0.3, 0.4) is 0 Å². The van der Waals surface area contributed by atoms with Crippen molar-refractivity contribution in [2.75, 3.05) is 0 Å². The number of rotatable bonds is 3. The van der Waals surface area contributed by atoms with Gasteiger partial charge in [0.05, 0.1) is 21.2 Å². The number of hydrogen-bond donors (Lipinski definition) is 0. The molecule has 0 aliphatic rings. The van der Waals surface area contributed by atoms with Gasteiger partial charge in [-0.3, -0.25) is 0 Å². The van der Waals surface area contributed by atoms with Gasteiger partial charge in [-0.25, -0.2) is 0 Å². The van der Waals surface area contributed by atoms with Gasteiger partial charge in [0.2, 0.25) is 0 Å². The van der Waals surface area contributed by atoms with E-state index in [1.807, 2.05) is 22.7 Å². The van der Waals surface area contributed by atoms with E-state index in [1.54, 1.807) is 9.24 Å². The second-order valence-corrected chi connectivity index (χ2v) is 9.22. The maximum absolute atomic E-state index is 2.23. The minimum Gasteiger partial charge on any atom is -0.140 e. The minimum atomic E-state index is 0.472. The van der Waals surface area contributed by atoms with E-state index >= 15 is 0 Å². The van der Waals surface area contributed by atoms with Crippen LogP contribution in [0, 0.1) is 13.8 Å². The van der Waals surface area contributed by atoms with Crippen LogP contribution in [0.4, 0.5) is 0 Å². The first-order chi connectivity index (χ1) is 6.77. The van der Waals surface area contributed by atoms with E-state index < -0.39 is 0 Å². The average Bonchev–Trinajstić information content (AvgIpc) is 2.72. The van der Waals surface area contributed by atoms with Gasteiger partial charge in [0.1, 0.15) is 4.62 Å². The molecular weight excluding hydrogens is 246 g/mol. The smallest absolute Gasteiger partial charge is 0.140 e. The summed E-state index contributed by atoms with van der Waals surface area (Å²) < 4.78 is 3.24. The summed E-state index contributed by atoms with van der Waals surface area (Å²) in [5, 5.41) is 4.42. The highest BCUT2D eigenvalue weighted by Gasteiger charge is 2.09. The van der Waals surface area contributed by atoms with Gasteiger partial charge in [0.25, 0.3) is 0 Å². The molecule has 0 aromatic carbocycles. The Morgan fingerprint density at radius 3 is 2.36 bits per heavy atom. The summed E-state index contributed by atoms with van der Waals surface area (Å²) >= 11 is 3.84. The first-order valence-electron chi connectivity index (χ1n) is 4.45. The zero-order chi connectivity index (χ0) is 9.97. The highest BCUT2D eigenvalue weighted by Crippen LogP contribution is 2.39. The molecule has 14 heavy (non-hydrogen) atoms. The Morgan fingerprint density at radius 1 is 1.07 bits per heavy atom. The minimum absolute atomic E-state index is 0.472. The molecular formula is C10H13P2S2+. The third kappa shape index (κ3) is 2.44. The molecule has 2 aromatic rings. The quantitative estimate of drug-likeness (QED) is 0.741. The van der Waals surface area contributed by atoms with Gasteiger partial charge in [-0.1, -0.05) is 0 Å². The summed E-state index contributed by atoms with van der Waals surface area (Å²) in [5.74, 6) is 0. The monoisotopic (exact) mass is 259 g/mol. The molecule has 0 bridgehead atoms. The first-order valence-corrected chi connectivity index (χ1v) is 9.60. The predicted molar refractivity (Wildman–Crippen MR) is 75.4 cm³/mol. The van der Waals surface area contributed by atoms with Crippen LogP contribution in [-0.4, -0.2) is 0 Å². The normalized spacial score (nSPS) is 12.4. The SMILES string of the molecule is Cc1ccsc1P[PH2+]c1sccc1C. The number of aryl methyl sites for hydroxylation is 2. The van der Waals surface area contributed by atoms with Crippen LogP contribution in [0.25, 0.3) is 0 Å². The molecule has 0 saturated heterocycles. The third-order valence-electron chi connectivity index (χ3n) is 2.10. The number of thiophene rings is 2. The maximum atomic E-state index is 2.23. The van der Waals surface area contributed by atoms with Crippen LogP contribution in [0.15, 0.2) is 22.9 Å². The highest BCUT2D eigenvalue weighted by molar-refractivity contribution is 8.21. The van der Waals surface area contributed by atoms with Gasteiger partial charge in [-0.15, -0.1) is 22.7 Å². The van der Waals surface area contributed by atoms with E-state index in [9.17, 15) is 0 Å². The van der Waals surface area contributed by atoms with Crippen molar-refractivity contribution in [3.63, 3.8) is 0 Å². The van der Waals surface area contributed by atoms with Gasteiger partial charge >= 0.3 is 0 Å². The van der Waals surface area contributed by atoms with Gasteiger partial charge < -0.3 is 0 Å². The average molecular weight is 259 g/mol. The molecule has 0 radical (unpaired) electrons. The third-order valence-corrected chi connectivity index (χ3v) is 10.2. The van der Waals surface area contributed by atoms with Crippen molar-refractivity contribution in [1.82, 2.24) is 0 Å². The van der Waals surface area contributed by atoms with Crippen LogP contribution in [0.5, 0.6) is 0 Å². The Kier molecular flexibility index (Phi) is 3.73. The first kappa shape index (κ1) is 10.8. The Hall–Kier alpha value is 0.260. The van der Waals surface area contributed by atoms with E-state index in [2.05, 4.69) is 36.7 Å². The highest BCUT2D eigenvalue weighted by atomic mass is 32.1. The molecule has 2 heterocycles. The van der Waals surface area contributed by atoms with Crippen molar-refractivity contribution < 1.29 is 0 Å². The lowest BCUT2D eigenvalue weighted by Gasteiger charge is -1.93. The van der Waals surface area contributed by atoms with Crippen molar-refractivity contribution in [1.29, 1.82) is 0 Å². The molecule has 0 spiro atoms. The molecule has 0 aliphatic heterocycles.